The third-order valence-corrected chi connectivity index (χ3v) is 3.26. The number of methoxy groups -OCH3 is 1. The van der Waals surface area contributed by atoms with Crippen molar-refractivity contribution in [1.29, 1.82) is 0 Å². The molecule has 0 bridgehead atoms. The van der Waals surface area contributed by atoms with Crippen LogP contribution in [0, 0.1) is 0 Å². The minimum absolute atomic E-state index is 0.232. The summed E-state index contributed by atoms with van der Waals surface area (Å²) in [6, 6.07) is 6.15. The van der Waals surface area contributed by atoms with E-state index in [0.29, 0.717) is 11.1 Å². The van der Waals surface area contributed by atoms with Crippen LogP contribution in [0.3, 0.4) is 0 Å². The highest BCUT2D eigenvalue weighted by Crippen LogP contribution is 2.10. The fourth-order valence-corrected chi connectivity index (χ4v) is 2.36. The second-order valence-electron chi connectivity index (χ2n) is 5.25. The quantitative estimate of drug-likeness (QED) is 0.660. The molecule has 0 atom stereocenters. The van der Waals surface area contributed by atoms with Gasteiger partial charge < -0.3 is 4.74 Å². The van der Waals surface area contributed by atoms with Crippen LogP contribution in [0.1, 0.15) is 36.7 Å². The van der Waals surface area contributed by atoms with E-state index in [1.54, 1.807) is 32.9 Å². The lowest BCUT2D eigenvalue weighted by Crippen LogP contribution is -2.34. The van der Waals surface area contributed by atoms with E-state index in [4.69, 9.17) is 4.84 Å². The van der Waals surface area contributed by atoms with E-state index in [9.17, 15) is 13.2 Å². The van der Waals surface area contributed by atoms with Crippen molar-refractivity contribution in [2.75, 3.05) is 7.11 Å². The average Bonchev–Trinajstić information content (AvgIpc) is 2.35. The van der Waals surface area contributed by atoms with Gasteiger partial charge in [-0.15, -0.1) is 0 Å². The summed E-state index contributed by atoms with van der Waals surface area (Å²) in [7, 11) is -2.31. The van der Waals surface area contributed by atoms with Crippen molar-refractivity contribution in [1.82, 2.24) is 4.89 Å². The summed E-state index contributed by atoms with van der Waals surface area (Å²) < 4.78 is 28.2. The minimum Gasteiger partial charge on any atom is -0.465 e. The van der Waals surface area contributed by atoms with Gasteiger partial charge in [0.1, 0.15) is 0 Å². The van der Waals surface area contributed by atoms with E-state index in [-0.39, 0.29) is 5.75 Å². The predicted molar refractivity (Wildman–Crippen MR) is 74.4 cm³/mol. The van der Waals surface area contributed by atoms with Gasteiger partial charge in [0.2, 0.25) is 10.0 Å². The second kappa shape index (κ2) is 6.34. The number of sulfonamides is 1. The highest BCUT2D eigenvalue weighted by atomic mass is 32.2. The summed E-state index contributed by atoms with van der Waals surface area (Å²) in [5.74, 6) is -0.696. The number of esters is 1. The lowest BCUT2D eigenvalue weighted by molar-refractivity contribution is -0.0358. The fourth-order valence-electron chi connectivity index (χ4n) is 1.29. The van der Waals surface area contributed by atoms with E-state index in [1.165, 1.54) is 19.2 Å². The molecule has 0 aromatic heterocycles. The SMILES string of the molecule is COC(=O)c1ccc(CS(=O)(=O)NOC(C)(C)C)cc1. The number of benzene rings is 1. The third-order valence-electron chi connectivity index (χ3n) is 2.21. The van der Waals surface area contributed by atoms with Gasteiger partial charge in [-0.25, -0.2) is 13.2 Å². The van der Waals surface area contributed by atoms with E-state index >= 15 is 0 Å². The van der Waals surface area contributed by atoms with Crippen LogP contribution in [0.5, 0.6) is 0 Å². The summed E-state index contributed by atoms with van der Waals surface area (Å²) in [5, 5.41) is 0. The van der Waals surface area contributed by atoms with Crippen molar-refractivity contribution in [2.24, 2.45) is 0 Å². The smallest absolute Gasteiger partial charge is 0.337 e. The Balaban J connectivity index is 2.71. The number of hydrogen-bond donors (Lipinski definition) is 1. The first-order valence-corrected chi connectivity index (χ1v) is 7.63. The normalized spacial score (nSPS) is 12.2. The molecule has 1 N–H and O–H groups in total. The first-order valence-electron chi connectivity index (χ1n) is 5.98. The molecule has 0 aliphatic carbocycles. The molecule has 0 spiro atoms. The minimum atomic E-state index is -3.59. The van der Waals surface area contributed by atoms with Crippen molar-refractivity contribution >= 4 is 16.0 Å². The van der Waals surface area contributed by atoms with Crippen LogP contribution in [-0.2, 0) is 25.4 Å². The number of carbonyl (C=O) groups excluding carboxylic acids is 1. The van der Waals surface area contributed by atoms with Crippen LogP contribution in [0.25, 0.3) is 0 Å². The van der Waals surface area contributed by atoms with Gasteiger partial charge in [-0.1, -0.05) is 17.0 Å². The maximum Gasteiger partial charge on any atom is 0.337 e. The number of nitrogens with one attached hydrogen (secondary N) is 1. The summed E-state index contributed by atoms with van der Waals surface area (Å²) in [4.78, 5) is 18.4. The number of hydrogen-bond acceptors (Lipinski definition) is 5. The molecule has 0 aliphatic rings. The summed E-state index contributed by atoms with van der Waals surface area (Å²) in [6.45, 7) is 5.21. The maximum absolute atomic E-state index is 11.8. The van der Waals surface area contributed by atoms with E-state index < -0.39 is 21.6 Å². The highest BCUT2D eigenvalue weighted by Gasteiger charge is 2.18. The monoisotopic (exact) mass is 301 g/mol. The Hall–Kier alpha value is -1.44. The fraction of sp³-hybridized carbons (Fsp3) is 0.462. The van der Waals surface area contributed by atoms with Gasteiger partial charge in [-0.3, -0.25) is 4.84 Å². The van der Waals surface area contributed by atoms with Gasteiger partial charge in [0.05, 0.1) is 24.0 Å². The molecule has 0 saturated heterocycles. The molecule has 0 amide bonds. The zero-order valence-corrected chi connectivity index (χ0v) is 12.8. The van der Waals surface area contributed by atoms with Crippen LogP contribution in [-0.4, -0.2) is 27.1 Å². The predicted octanol–water partition coefficient (Wildman–Crippen LogP) is 1.62. The molecule has 0 saturated carbocycles. The molecule has 7 heteroatoms. The van der Waals surface area contributed by atoms with Gasteiger partial charge in [0, 0.05) is 0 Å². The van der Waals surface area contributed by atoms with Crippen molar-refractivity contribution in [3.63, 3.8) is 0 Å². The first-order chi connectivity index (χ1) is 9.13. The molecule has 0 fully saturated rings. The molecule has 1 aromatic rings. The van der Waals surface area contributed by atoms with Crippen LogP contribution >= 0.6 is 0 Å². The zero-order valence-electron chi connectivity index (χ0n) is 12.0. The number of ether oxygens (including phenoxy) is 1. The molecule has 0 aliphatic heterocycles. The van der Waals surface area contributed by atoms with Crippen molar-refractivity contribution < 1.29 is 22.8 Å². The average molecular weight is 301 g/mol. The molecule has 112 valence electrons. The van der Waals surface area contributed by atoms with Crippen molar-refractivity contribution in [2.45, 2.75) is 32.1 Å². The number of rotatable bonds is 5. The Labute approximate surface area is 119 Å². The van der Waals surface area contributed by atoms with E-state index in [2.05, 4.69) is 9.62 Å². The Kier molecular flexibility index (Phi) is 5.27. The topological polar surface area (TPSA) is 81.7 Å². The molecule has 0 heterocycles. The van der Waals surface area contributed by atoms with Gasteiger partial charge in [0.25, 0.3) is 0 Å². The first kappa shape index (κ1) is 16.6. The lowest BCUT2D eigenvalue weighted by Gasteiger charge is -2.19. The molecule has 1 rings (SSSR count). The molecule has 20 heavy (non-hydrogen) atoms. The summed E-state index contributed by atoms with van der Waals surface area (Å²) in [6.07, 6.45) is 0. The van der Waals surface area contributed by atoms with E-state index in [1.807, 2.05) is 0 Å². The zero-order chi connectivity index (χ0) is 15.4. The molecule has 6 nitrogen and oxygen atoms in total. The molecule has 1 aromatic carbocycles. The van der Waals surface area contributed by atoms with Crippen molar-refractivity contribution in [3.8, 4) is 0 Å². The Morgan fingerprint density at radius 3 is 2.20 bits per heavy atom. The summed E-state index contributed by atoms with van der Waals surface area (Å²) >= 11 is 0. The van der Waals surface area contributed by atoms with Crippen LogP contribution in [0.2, 0.25) is 0 Å². The van der Waals surface area contributed by atoms with Gasteiger partial charge in [-0.2, -0.15) is 0 Å². The Bertz CT molecular complexity index is 557. The molecular formula is C13H19NO5S. The largest absolute Gasteiger partial charge is 0.465 e. The number of carbonyl (C=O) groups is 1. The highest BCUT2D eigenvalue weighted by molar-refractivity contribution is 7.88. The molecular weight excluding hydrogens is 282 g/mol. The maximum atomic E-state index is 11.8. The van der Waals surface area contributed by atoms with Gasteiger partial charge in [-0.05, 0) is 38.5 Å². The van der Waals surface area contributed by atoms with Gasteiger partial charge >= 0.3 is 5.97 Å². The van der Waals surface area contributed by atoms with Crippen LogP contribution in [0.4, 0.5) is 0 Å². The lowest BCUT2D eigenvalue weighted by atomic mass is 10.1. The standard InChI is InChI=1S/C13H19NO5S/c1-13(2,3)19-14-20(16,17)9-10-5-7-11(8-6-10)12(15)18-4/h5-8,14H,9H2,1-4H3. The Morgan fingerprint density at radius 2 is 1.75 bits per heavy atom. The van der Waals surface area contributed by atoms with E-state index in [0.717, 1.165) is 0 Å². The molecule has 0 unspecified atom stereocenters. The second-order valence-corrected chi connectivity index (χ2v) is 6.93. The Morgan fingerprint density at radius 1 is 1.20 bits per heavy atom. The summed E-state index contributed by atoms with van der Waals surface area (Å²) in [5.41, 5.74) is 0.303. The van der Waals surface area contributed by atoms with Crippen LogP contribution in [0.15, 0.2) is 24.3 Å². The van der Waals surface area contributed by atoms with Crippen molar-refractivity contribution in [3.05, 3.63) is 35.4 Å². The third kappa shape index (κ3) is 5.68. The molecule has 0 radical (unpaired) electrons. The van der Waals surface area contributed by atoms with Gasteiger partial charge in [0.15, 0.2) is 0 Å². The van der Waals surface area contributed by atoms with Crippen LogP contribution < -0.4 is 4.89 Å².